The van der Waals surface area contributed by atoms with Crippen LogP contribution in [0.2, 0.25) is 5.02 Å². The molecule has 2 heterocycles. The topological polar surface area (TPSA) is 113 Å². The Bertz CT molecular complexity index is 839. The molecule has 10 heteroatoms. The number of nitro groups is 1. The molecule has 0 spiro atoms. The fourth-order valence-corrected chi connectivity index (χ4v) is 3.15. The summed E-state index contributed by atoms with van der Waals surface area (Å²) in [5.74, 6) is -0.289. The molecule has 0 atom stereocenters. The molecule has 1 fully saturated rings. The minimum Gasteiger partial charge on any atom is -0.351 e. The number of nitrogens with zero attached hydrogens (tertiary/aromatic N) is 4. The van der Waals surface area contributed by atoms with Crippen LogP contribution in [-0.4, -0.2) is 33.9 Å². The Morgan fingerprint density at radius 3 is 2.59 bits per heavy atom. The number of hydrogen-bond acceptors (Lipinski definition) is 7. The molecule has 2 aromatic rings. The number of benzene rings is 1. The third kappa shape index (κ3) is 4.62. The predicted octanol–water partition coefficient (Wildman–Crippen LogP) is 3.18. The van der Waals surface area contributed by atoms with Gasteiger partial charge in [-0.25, -0.2) is 9.97 Å². The summed E-state index contributed by atoms with van der Waals surface area (Å²) in [4.78, 5) is 33.3. The maximum absolute atomic E-state index is 12.2. The zero-order valence-corrected chi connectivity index (χ0v) is 15.3. The van der Waals surface area contributed by atoms with Gasteiger partial charge in [0.05, 0.1) is 4.92 Å². The standard InChI is InChI=1S/C17H19ClN6O3/c18-13-7-5-6-12(10-13)17(25)22-21-15-14(24(26)27)16(20-11-19-15)23-8-3-1-2-4-9-23/h5-7,10-11H,1-4,8-9H2,(H,22,25)(H,19,20,21). The van der Waals surface area contributed by atoms with E-state index < -0.39 is 10.8 Å². The van der Waals surface area contributed by atoms with E-state index in [-0.39, 0.29) is 17.3 Å². The minimum absolute atomic E-state index is 0.0652. The number of rotatable bonds is 5. The van der Waals surface area contributed by atoms with Gasteiger partial charge in [0.2, 0.25) is 11.6 Å². The molecule has 1 aliphatic rings. The highest BCUT2D eigenvalue weighted by atomic mass is 35.5. The number of anilines is 2. The zero-order chi connectivity index (χ0) is 19.2. The lowest BCUT2D eigenvalue weighted by Crippen LogP contribution is -2.31. The van der Waals surface area contributed by atoms with Crippen LogP contribution >= 0.6 is 11.6 Å². The molecule has 1 saturated heterocycles. The van der Waals surface area contributed by atoms with Crippen molar-refractivity contribution in [2.45, 2.75) is 25.7 Å². The molecular weight excluding hydrogens is 372 g/mol. The van der Waals surface area contributed by atoms with Crippen molar-refractivity contribution < 1.29 is 9.72 Å². The molecule has 0 aliphatic carbocycles. The maximum atomic E-state index is 12.2. The molecule has 1 aromatic heterocycles. The monoisotopic (exact) mass is 390 g/mol. The summed E-state index contributed by atoms with van der Waals surface area (Å²) in [6.45, 7) is 1.40. The molecule has 27 heavy (non-hydrogen) atoms. The summed E-state index contributed by atoms with van der Waals surface area (Å²) in [5.41, 5.74) is 5.03. The molecule has 1 aliphatic heterocycles. The van der Waals surface area contributed by atoms with E-state index in [9.17, 15) is 14.9 Å². The molecule has 0 unspecified atom stereocenters. The largest absolute Gasteiger partial charge is 0.355 e. The lowest BCUT2D eigenvalue weighted by molar-refractivity contribution is -0.383. The van der Waals surface area contributed by atoms with E-state index in [1.54, 1.807) is 18.2 Å². The summed E-state index contributed by atoms with van der Waals surface area (Å²) in [5, 5.41) is 12.1. The summed E-state index contributed by atoms with van der Waals surface area (Å²) in [7, 11) is 0. The van der Waals surface area contributed by atoms with E-state index in [4.69, 9.17) is 11.6 Å². The Balaban J connectivity index is 1.81. The van der Waals surface area contributed by atoms with Gasteiger partial charge in [-0.2, -0.15) is 0 Å². The number of halogens is 1. The van der Waals surface area contributed by atoms with E-state index in [1.807, 2.05) is 4.90 Å². The number of hydrogen-bond donors (Lipinski definition) is 2. The van der Waals surface area contributed by atoms with Crippen LogP contribution in [0.3, 0.4) is 0 Å². The van der Waals surface area contributed by atoms with Crippen LogP contribution in [0, 0.1) is 10.1 Å². The molecule has 1 aromatic carbocycles. The van der Waals surface area contributed by atoms with Crippen molar-refractivity contribution in [1.29, 1.82) is 0 Å². The zero-order valence-electron chi connectivity index (χ0n) is 14.5. The van der Waals surface area contributed by atoms with Gasteiger partial charge < -0.3 is 4.90 Å². The van der Waals surface area contributed by atoms with Crippen molar-refractivity contribution >= 4 is 34.8 Å². The number of carbonyl (C=O) groups is 1. The summed E-state index contributed by atoms with van der Waals surface area (Å²) >= 11 is 5.88. The van der Waals surface area contributed by atoms with Crippen molar-refractivity contribution in [3.8, 4) is 0 Å². The lowest BCUT2D eigenvalue weighted by Gasteiger charge is -2.21. The van der Waals surface area contributed by atoms with Crippen LogP contribution in [-0.2, 0) is 0 Å². The van der Waals surface area contributed by atoms with Gasteiger partial charge in [-0.1, -0.05) is 30.5 Å². The second-order valence-corrected chi connectivity index (χ2v) is 6.58. The number of amides is 1. The van der Waals surface area contributed by atoms with Crippen molar-refractivity contribution in [2.24, 2.45) is 0 Å². The van der Waals surface area contributed by atoms with Crippen LogP contribution in [0.15, 0.2) is 30.6 Å². The molecule has 2 N–H and O–H groups in total. The highest BCUT2D eigenvalue weighted by Crippen LogP contribution is 2.32. The summed E-state index contributed by atoms with van der Waals surface area (Å²) < 4.78 is 0. The molecule has 0 saturated carbocycles. The maximum Gasteiger partial charge on any atom is 0.355 e. The van der Waals surface area contributed by atoms with E-state index in [0.717, 1.165) is 25.7 Å². The van der Waals surface area contributed by atoms with Crippen molar-refractivity contribution in [3.05, 3.63) is 51.3 Å². The molecule has 0 bridgehead atoms. The first-order valence-electron chi connectivity index (χ1n) is 8.62. The van der Waals surface area contributed by atoms with E-state index in [2.05, 4.69) is 20.8 Å². The van der Waals surface area contributed by atoms with Crippen molar-refractivity contribution in [2.75, 3.05) is 23.4 Å². The van der Waals surface area contributed by atoms with E-state index in [0.29, 0.717) is 23.7 Å². The van der Waals surface area contributed by atoms with Crippen LogP contribution in [0.1, 0.15) is 36.0 Å². The summed E-state index contributed by atoms with van der Waals surface area (Å²) in [6.07, 6.45) is 5.35. The SMILES string of the molecule is O=C(NNc1ncnc(N2CCCCCC2)c1[N+](=O)[O-])c1cccc(Cl)c1. The first-order chi connectivity index (χ1) is 13.1. The first kappa shape index (κ1) is 18.8. The van der Waals surface area contributed by atoms with Gasteiger partial charge in [0, 0.05) is 23.7 Å². The predicted molar refractivity (Wildman–Crippen MR) is 102 cm³/mol. The average molecular weight is 391 g/mol. The normalized spacial score (nSPS) is 14.3. The number of aromatic nitrogens is 2. The van der Waals surface area contributed by atoms with Crippen LogP contribution in [0.25, 0.3) is 0 Å². The Labute approximate surface area is 160 Å². The van der Waals surface area contributed by atoms with Gasteiger partial charge in [0.25, 0.3) is 5.91 Å². The molecule has 0 radical (unpaired) electrons. The third-order valence-electron chi connectivity index (χ3n) is 4.27. The molecule has 3 rings (SSSR count). The van der Waals surface area contributed by atoms with Crippen LogP contribution < -0.4 is 15.8 Å². The molecule has 142 valence electrons. The lowest BCUT2D eigenvalue weighted by atomic mass is 10.2. The second-order valence-electron chi connectivity index (χ2n) is 6.14. The van der Waals surface area contributed by atoms with Crippen LogP contribution in [0.4, 0.5) is 17.3 Å². The highest BCUT2D eigenvalue weighted by Gasteiger charge is 2.27. The van der Waals surface area contributed by atoms with Gasteiger partial charge >= 0.3 is 5.69 Å². The smallest absolute Gasteiger partial charge is 0.351 e. The second kappa shape index (κ2) is 8.63. The third-order valence-corrected chi connectivity index (χ3v) is 4.51. The Hall–Kier alpha value is -2.94. The molecule has 9 nitrogen and oxygen atoms in total. The molecule has 1 amide bonds. The molecular formula is C17H19ClN6O3. The first-order valence-corrected chi connectivity index (χ1v) is 9.00. The highest BCUT2D eigenvalue weighted by molar-refractivity contribution is 6.30. The van der Waals surface area contributed by atoms with Gasteiger partial charge in [0.15, 0.2) is 0 Å². The van der Waals surface area contributed by atoms with Gasteiger partial charge in [-0.3, -0.25) is 25.8 Å². The number of carbonyl (C=O) groups excluding carboxylic acids is 1. The van der Waals surface area contributed by atoms with Gasteiger partial charge in [0.1, 0.15) is 6.33 Å². The average Bonchev–Trinajstić information content (AvgIpc) is 2.95. The van der Waals surface area contributed by atoms with Gasteiger partial charge in [-0.05, 0) is 31.0 Å². The van der Waals surface area contributed by atoms with Crippen molar-refractivity contribution in [3.63, 3.8) is 0 Å². The quantitative estimate of drug-likeness (QED) is 0.595. The summed E-state index contributed by atoms with van der Waals surface area (Å²) in [6, 6.07) is 6.37. The fourth-order valence-electron chi connectivity index (χ4n) is 2.96. The van der Waals surface area contributed by atoms with E-state index >= 15 is 0 Å². The Morgan fingerprint density at radius 2 is 1.93 bits per heavy atom. The Kier molecular flexibility index (Phi) is 6.02. The van der Waals surface area contributed by atoms with Crippen molar-refractivity contribution in [1.82, 2.24) is 15.4 Å². The number of nitrogens with one attached hydrogen (secondary N) is 2. The van der Waals surface area contributed by atoms with Gasteiger partial charge in [-0.15, -0.1) is 0 Å². The van der Waals surface area contributed by atoms with E-state index in [1.165, 1.54) is 12.4 Å². The fraction of sp³-hybridized carbons (Fsp3) is 0.353. The number of hydrazine groups is 1. The minimum atomic E-state index is -0.534. The van der Waals surface area contributed by atoms with Crippen LogP contribution in [0.5, 0.6) is 0 Å². The Morgan fingerprint density at radius 1 is 1.19 bits per heavy atom.